The van der Waals surface area contributed by atoms with Gasteiger partial charge >= 0.3 is 0 Å². The van der Waals surface area contributed by atoms with E-state index in [4.69, 9.17) is 0 Å². The fraction of sp³-hybridized carbons (Fsp3) is 0.455. The summed E-state index contributed by atoms with van der Waals surface area (Å²) in [6.45, 7) is 6.94. The summed E-state index contributed by atoms with van der Waals surface area (Å²) in [7, 11) is 0. The predicted octanol–water partition coefficient (Wildman–Crippen LogP) is 3.50. The van der Waals surface area contributed by atoms with Crippen LogP contribution in [0.4, 0.5) is 0 Å². The van der Waals surface area contributed by atoms with Crippen molar-refractivity contribution in [3.8, 4) is 0 Å². The summed E-state index contributed by atoms with van der Waals surface area (Å²) in [6, 6.07) is 17.6. The van der Waals surface area contributed by atoms with Crippen LogP contribution in [0, 0.1) is 0 Å². The molecule has 0 spiro atoms. The van der Waals surface area contributed by atoms with Crippen LogP contribution in [0.3, 0.4) is 0 Å². The van der Waals surface area contributed by atoms with E-state index in [0.717, 1.165) is 52.0 Å². The van der Waals surface area contributed by atoms with Crippen molar-refractivity contribution in [2.24, 2.45) is 0 Å². The molecule has 1 aliphatic rings. The van der Waals surface area contributed by atoms with E-state index in [-0.39, 0.29) is 6.10 Å². The van der Waals surface area contributed by atoms with E-state index in [1.165, 1.54) is 22.3 Å². The molecule has 2 N–H and O–H groups in total. The molecule has 0 saturated carbocycles. The number of aryl methyl sites for hydroxylation is 1. The third-order valence-electron chi connectivity index (χ3n) is 5.15. The van der Waals surface area contributed by atoms with Crippen molar-refractivity contribution in [1.29, 1.82) is 0 Å². The van der Waals surface area contributed by atoms with E-state index in [1.807, 2.05) is 0 Å². The van der Waals surface area contributed by atoms with E-state index >= 15 is 0 Å². The summed E-state index contributed by atoms with van der Waals surface area (Å²) in [5, 5.41) is 13.2. The number of benzene rings is 2. The zero-order chi connectivity index (χ0) is 17.5. The Morgan fingerprint density at radius 1 is 0.920 bits per heavy atom. The van der Waals surface area contributed by atoms with Gasteiger partial charge in [-0.05, 0) is 41.5 Å². The van der Waals surface area contributed by atoms with Crippen LogP contribution in [-0.4, -0.2) is 29.2 Å². The zero-order valence-electron chi connectivity index (χ0n) is 15.2. The molecule has 3 nitrogen and oxygen atoms in total. The van der Waals surface area contributed by atoms with Gasteiger partial charge < -0.3 is 10.4 Å². The second kappa shape index (κ2) is 9.14. The Balaban J connectivity index is 1.53. The van der Waals surface area contributed by atoms with Crippen LogP contribution in [-0.2, 0) is 26.1 Å². The van der Waals surface area contributed by atoms with Crippen molar-refractivity contribution >= 4 is 0 Å². The Morgan fingerprint density at radius 3 is 2.24 bits per heavy atom. The molecule has 2 aromatic carbocycles. The Hall–Kier alpha value is -1.68. The molecular formula is C22H30N2O. The van der Waals surface area contributed by atoms with E-state index in [2.05, 4.69) is 65.7 Å². The summed E-state index contributed by atoms with van der Waals surface area (Å²) in [4.78, 5) is 2.45. The maximum Gasteiger partial charge on any atom is 0.0564 e. The number of likely N-dealkylation sites (tertiary alicyclic amines) is 1. The number of hydrogen-bond acceptors (Lipinski definition) is 3. The van der Waals surface area contributed by atoms with Gasteiger partial charge in [-0.2, -0.15) is 0 Å². The third-order valence-corrected chi connectivity index (χ3v) is 5.15. The van der Waals surface area contributed by atoms with Crippen LogP contribution in [0.2, 0.25) is 0 Å². The van der Waals surface area contributed by atoms with Gasteiger partial charge in [0.2, 0.25) is 0 Å². The molecule has 134 valence electrons. The van der Waals surface area contributed by atoms with Gasteiger partial charge in [0.1, 0.15) is 0 Å². The summed E-state index contributed by atoms with van der Waals surface area (Å²) in [5.41, 5.74) is 5.49. The maximum atomic E-state index is 9.67. The summed E-state index contributed by atoms with van der Waals surface area (Å²) >= 11 is 0. The van der Waals surface area contributed by atoms with E-state index < -0.39 is 0 Å². The second-order valence-electron chi connectivity index (χ2n) is 7.05. The number of hydrogen-bond donors (Lipinski definition) is 2. The van der Waals surface area contributed by atoms with Crippen molar-refractivity contribution < 1.29 is 5.11 Å². The fourth-order valence-electron chi connectivity index (χ4n) is 3.44. The molecule has 1 saturated heterocycles. The highest BCUT2D eigenvalue weighted by Crippen LogP contribution is 2.16. The van der Waals surface area contributed by atoms with E-state index in [9.17, 15) is 5.11 Å². The lowest BCUT2D eigenvalue weighted by Gasteiger charge is -2.30. The van der Waals surface area contributed by atoms with Crippen molar-refractivity contribution in [2.75, 3.05) is 13.1 Å². The minimum Gasteiger partial charge on any atom is -0.393 e. The van der Waals surface area contributed by atoms with Crippen molar-refractivity contribution in [2.45, 2.75) is 51.9 Å². The molecule has 1 aliphatic heterocycles. The lowest BCUT2D eigenvalue weighted by Crippen LogP contribution is -2.35. The number of rotatable bonds is 7. The average molecular weight is 338 g/mol. The molecule has 3 rings (SSSR count). The second-order valence-corrected chi connectivity index (χ2v) is 7.05. The van der Waals surface area contributed by atoms with Gasteiger partial charge in [0.05, 0.1) is 6.10 Å². The van der Waals surface area contributed by atoms with Crippen LogP contribution in [0.1, 0.15) is 42.0 Å². The van der Waals surface area contributed by atoms with Gasteiger partial charge in [0.25, 0.3) is 0 Å². The van der Waals surface area contributed by atoms with Gasteiger partial charge in [-0.1, -0.05) is 55.5 Å². The third kappa shape index (κ3) is 5.40. The molecule has 1 fully saturated rings. The first kappa shape index (κ1) is 18.1. The monoisotopic (exact) mass is 338 g/mol. The Kier molecular flexibility index (Phi) is 6.62. The van der Waals surface area contributed by atoms with Gasteiger partial charge in [0.15, 0.2) is 0 Å². The largest absolute Gasteiger partial charge is 0.393 e. The molecule has 0 unspecified atom stereocenters. The highest BCUT2D eigenvalue weighted by Gasteiger charge is 2.17. The van der Waals surface area contributed by atoms with Crippen LogP contribution >= 0.6 is 0 Å². The molecule has 25 heavy (non-hydrogen) atoms. The molecule has 0 aromatic heterocycles. The molecule has 0 radical (unpaired) electrons. The zero-order valence-corrected chi connectivity index (χ0v) is 15.2. The topological polar surface area (TPSA) is 35.5 Å². The molecule has 0 aliphatic carbocycles. The van der Waals surface area contributed by atoms with E-state index in [0.29, 0.717) is 0 Å². The highest BCUT2D eigenvalue weighted by atomic mass is 16.3. The quantitative estimate of drug-likeness (QED) is 0.811. The first-order chi connectivity index (χ1) is 12.2. The SMILES string of the molecule is CCc1ccc(CNCc2ccccc2CN2CCC(O)CC2)cc1. The molecular weight excluding hydrogens is 308 g/mol. The molecule has 1 heterocycles. The first-order valence-electron chi connectivity index (χ1n) is 9.50. The van der Waals surface area contributed by atoms with Crippen LogP contribution in [0.15, 0.2) is 48.5 Å². The number of aliphatic hydroxyl groups excluding tert-OH is 1. The number of aliphatic hydroxyl groups is 1. The van der Waals surface area contributed by atoms with Gasteiger partial charge in [-0.25, -0.2) is 0 Å². The minimum atomic E-state index is -0.104. The average Bonchev–Trinajstić information content (AvgIpc) is 2.65. The van der Waals surface area contributed by atoms with Crippen LogP contribution in [0.5, 0.6) is 0 Å². The molecule has 3 heteroatoms. The lowest BCUT2D eigenvalue weighted by molar-refractivity contribution is 0.0791. The van der Waals surface area contributed by atoms with Crippen molar-refractivity contribution in [3.63, 3.8) is 0 Å². The maximum absolute atomic E-state index is 9.67. The van der Waals surface area contributed by atoms with Crippen molar-refractivity contribution in [1.82, 2.24) is 10.2 Å². The number of nitrogens with one attached hydrogen (secondary N) is 1. The smallest absolute Gasteiger partial charge is 0.0564 e. The van der Waals surface area contributed by atoms with Crippen LogP contribution < -0.4 is 5.32 Å². The molecule has 0 amide bonds. The van der Waals surface area contributed by atoms with Crippen LogP contribution in [0.25, 0.3) is 0 Å². The normalized spacial score (nSPS) is 16.2. The highest BCUT2D eigenvalue weighted by molar-refractivity contribution is 5.27. The standard InChI is InChI=1S/C22H30N2O/c1-2-18-7-9-19(10-8-18)15-23-16-20-5-3-4-6-21(20)17-24-13-11-22(25)12-14-24/h3-10,22-23,25H,2,11-17H2,1H3. The fourth-order valence-corrected chi connectivity index (χ4v) is 3.44. The molecule has 0 atom stereocenters. The number of piperidine rings is 1. The Bertz CT molecular complexity index is 645. The minimum absolute atomic E-state index is 0.104. The Labute approximate surface area is 151 Å². The summed E-state index contributed by atoms with van der Waals surface area (Å²) < 4.78 is 0. The Morgan fingerprint density at radius 2 is 1.56 bits per heavy atom. The lowest BCUT2D eigenvalue weighted by atomic mass is 10.0. The molecule has 0 bridgehead atoms. The van der Waals surface area contributed by atoms with E-state index in [1.54, 1.807) is 0 Å². The van der Waals surface area contributed by atoms with Gasteiger partial charge in [-0.3, -0.25) is 4.90 Å². The summed E-state index contributed by atoms with van der Waals surface area (Å²) in [5.74, 6) is 0. The van der Waals surface area contributed by atoms with Gasteiger partial charge in [-0.15, -0.1) is 0 Å². The molecule has 2 aromatic rings. The van der Waals surface area contributed by atoms with Gasteiger partial charge in [0, 0.05) is 32.7 Å². The van der Waals surface area contributed by atoms with Crippen molar-refractivity contribution in [3.05, 3.63) is 70.8 Å². The predicted molar refractivity (Wildman–Crippen MR) is 103 cm³/mol. The summed E-state index contributed by atoms with van der Waals surface area (Å²) in [6.07, 6.45) is 2.78. The first-order valence-corrected chi connectivity index (χ1v) is 9.50. The number of nitrogens with zero attached hydrogens (tertiary/aromatic N) is 1.